The number of anilines is 1. The number of carbonyl (C=O) groups is 1. The van der Waals surface area contributed by atoms with Crippen molar-refractivity contribution in [2.24, 2.45) is 0 Å². The summed E-state index contributed by atoms with van der Waals surface area (Å²) >= 11 is 1.38. The van der Waals surface area contributed by atoms with E-state index in [9.17, 15) is 9.59 Å². The average Bonchev–Trinajstić information content (AvgIpc) is 2.59. The zero-order valence-electron chi connectivity index (χ0n) is 13.6. The van der Waals surface area contributed by atoms with Gasteiger partial charge in [-0.3, -0.25) is 4.79 Å². The normalized spacial score (nSPS) is 10.3. The third-order valence-corrected chi connectivity index (χ3v) is 4.07. The maximum absolute atomic E-state index is 11.9. The van der Waals surface area contributed by atoms with Crippen LogP contribution in [0.3, 0.4) is 0 Å². The van der Waals surface area contributed by atoms with E-state index in [2.05, 4.69) is 24.7 Å². The second-order valence-electron chi connectivity index (χ2n) is 4.77. The SMILES string of the molecule is COC(=O)c1nc2c(N)nc(SCc3ccccc3)nc2[nH]c1=O.[Na]. The number of carbonyl (C=O) groups excluding carboxylic acids is 1. The van der Waals surface area contributed by atoms with E-state index in [1.165, 1.54) is 11.8 Å². The number of nitrogens with one attached hydrogen (secondary N) is 1. The van der Waals surface area contributed by atoms with E-state index >= 15 is 0 Å². The summed E-state index contributed by atoms with van der Waals surface area (Å²) in [5.74, 6) is -0.110. The van der Waals surface area contributed by atoms with E-state index in [0.29, 0.717) is 10.9 Å². The van der Waals surface area contributed by atoms with Gasteiger partial charge in [-0.1, -0.05) is 42.1 Å². The van der Waals surface area contributed by atoms with Gasteiger partial charge in [-0.2, -0.15) is 0 Å². The summed E-state index contributed by atoms with van der Waals surface area (Å²) in [6.07, 6.45) is 0. The Morgan fingerprint density at radius 3 is 2.64 bits per heavy atom. The monoisotopic (exact) mass is 366 g/mol. The third-order valence-electron chi connectivity index (χ3n) is 3.15. The quantitative estimate of drug-likeness (QED) is 0.303. The molecule has 8 nitrogen and oxygen atoms in total. The van der Waals surface area contributed by atoms with Gasteiger partial charge in [0.2, 0.25) is 5.69 Å². The first kappa shape index (κ1) is 19.4. The van der Waals surface area contributed by atoms with Crippen LogP contribution in [0.25, 0.3) is 11.2 Å². The first-order valence-electron chi connectivity index (χ1n) is 6.91. The van der Waals surface area contributed by atoms with E-state index in [-0.39, 0.29) is 52.2 Å². The molecule has 0 atom stereocenters. The van der Waals surface area contributed by atoms with Crippen molar-refractivity contribution in [2.75, 3.05) is 12.8 Å². The summed E-state index contributed by atoms with van der Waals surface area (Å²) in [6.45, 7) is 0. The van der Waals surface area contributed by atoms with Gasteiger partial charge in [0.1, 0.15) is 5.52 Å². The molecule has 0 aliphatic rings. The van der Waals surface area contributed by atoms with E-state index in [4.69, 9.17) is 5.73 Å². The fourth-order valence-electron chi connectivity index (χ4n) is 2.00. The van der Waals surface area contributed by atoms with E-state index in [1.54, 1.807) is 0 Å². The van der Waals surface area contributed by atoms with E-state index in [0.717, 1.165) is 12.7 Å². The van der Waals surface area contributed by atoms with Gasteiger partial charge < -0.3 is 15.5 Å². The van der Waals surface area contributed by atoms with Gasteiger partial charge in [-0.25, -0.2) is 19.7 Å². The second-order valence-corrected chi connectivity index (χ2v) is 5.71. The Balaban J connectivity index is 0.00000225. The fraction of sp³-hybridized carbons (Fsp3) is 0.133. The van der Waals surface area contributed by atoms with Gasteiger partial charge in [-0.05, 0) is 5.56 Å². The molecule has 3 aromatic rings. The van der Waals surface area contributed by atoms with Crippen molar-refractivity contribution in [1.82, 2.24) is 19.9 Å². The molecule has 1 radical (unpaired) electrons. The molecule has 0 fully saturated rings. The van der Waals surface area contributed by atoms with Crippen LogP contribution < -0.4 is 11.3 Å². The van der Waals surface area contributed by atoms with E-state index < -0.39 is 11.5 Å². The summed E-state index contributed by atoms with van der Waals surface area (Å²) in [5, 5.41) is 0.409. The molecule has 0 saturated heterocycles. The van der Waals surface area contributed by atoms with Crippen molar-refractivity contribution in [3.05, 3.63) is 51.9 Å². The number of nitrogens with two attached hydrogens (primary N) is 1. The minimum atomic E-state index is -0.847. The zero-order chi connectivity index (χ0) is 17.1. The Kier molecular flexibility index (Phi) is 6.54. The second kappa shape index (κ2) is 8.43. The molecule has 3 rings (SSSR count). The van der Waals surface area contributed by atoms with Crippen LogP contribution in [0.5, 0.6) is 0 Å². The van der Waals surface area contributed by atoms with Gasteiger partial charge in [0.15, 0.2) is 16.6 Å². The number of aromatic amines is 1. The number of fused-ring (bicyclic) bond motifs is 1. The van der Waals surface area contributed by atoms with E-state index in [1.807, 2.05) is 30.3 Å². The number of aromatic nitrogens is 4. The van der Waals surface area contributed by atoms with Gasteiger partial charge >= 0.3 is 5.97 Å². The Morgan fingerprint density at radius 1 is 1.24 bits per heavy atom. The fourth-order valence-corrected chi connectivity index (χ4v) is 2.81. The number of nitrogens with zero attached hydrogens (tertiary/aromatic N) is 3. The number of hydrogen-bond donors (Lipinski definition) is 2. The summed E-state index contributed by atoms with van der Waals surface area (Å²) in [5.41, 5.74) is 6.25. The van der Waals surface area contributed by atoms with Crippen molar-refractivity contribution < 1.29 is 9.53 Å². The number of nitrogen functional groups attached to an aromatic ring is 1. The molecule has 1 aromatic carbocycles. The number of methoxy groups -OCH3 is 1. The summed E-state index contributed by atoms with van der Waals surface area (Å²) < 4.78 is 4.51. The number of benzene rings is 1. The van der Waals surface area contributed by atoms with Gasteiger partial charge in [0.05, 0.1) is 7.11 Å². The molecule has 2 aromatic heterocycles. The summed E-state index contributed by atoms with van der Waals surface area (Å²) in [7, 11) is 1.16. The number of thioether (sulfide) groups is 1. The standard InChI is InChI=1S/C15H13N5O3S.Na/c1-23-14(22)10-13(21)19-12-9(17-10)11(16)18-15(20-12)24-7-8-5-3-2-4-6-8;/h2-6H,7H2,1H3,(H3,16,18,19,20,21);. The Labute approximate surface area is 168 Å². The molecular weight excluding hydrogens is 353 g/mol. The topological polar surface area (TPSA) is 124 Å². The molecule has 25 heavy (non-hydrogen) atoms. The number of rotatable bonds is 4. The predicted octanol–water partition coefficient (Wildman–Crippen LogP) is 0.993. The smallest absolute Gasteiger partial charge is 0.362 e. The molecule has 0 aliphatic heterocycles. The largest absolute Gasteiger partial charge is 0.464 e. The summed E-state index contributed by atoms with van der Waals surface area (Å²) in [6, 6.07) is 9.81. The Hall–Kier alpha value is -1.94. The molecule has 2 heterocycles. The van der Waals surface area contributed by atoms with Crippen LogP contribution in [0.1, 0.15) is 16.1 Å². The van der Waals surface area contributed by atoms with Crippen LogP contribution in [0.4, 0.5) is 5.82 Å². The summed E-state index contributed by atoms with van der Waals surface area (Å²) in [4.78, 5) is 38.3. The van der Waals surface area contributed by atoms with Crippen molar-refractivity contribution >= 4 is 64.3 Å². The number of H-pyrrole nitrogens is 1. The van der Waals surface area contributed by atoms with Gasteiger partial charge in [-0.15, -0.1) is 0 Å². The van der Waals surface area contributed by atoms with Crippen molar-refractivity contribution in [3.63, 3.8) is 0 Å². The van der Waals surface area contributed by atoms with Gasteiger partial charge in [0, 0.05) is 35.3 Å². The molecule has 0 unspecified atom stereocenters. The van der Waals surface area contributed by atoms with Crippen LogP contribution in [0.2, 0.25) is 0 Å². The molecular formula is C15H13N5NaO3S. The van der Waals surface area contributed by atoms with Crippen LogP contribution in [-0.4, -0.2) is 62.6 Å². The minimum absolute atomic E-state index is 0. The minimum Gasteiger partial charge on any atom is -0.464 e. The molecule has 0 saturated carbocycles. The first-order valence-corrected chi connectivity index (χ1v) is 7.89. The molecule has 10 heteroatoms. The molecule has 0 amide bonds. The third kappa shape index (κ3) is 4.37. The van der Waals surface area contributed by atoms with Crippen LogP contribution in [0.15, 0.2) is 40.3 Å². The number of esters is 1. The Morgan fingerprint density at radius 2 is 1.96 bits per heavy atom. The van der Waals surface area contributed by atoms with Crippen molar-refractivity contribution in [2.45, 2.75) is 10.9 Å². The number of hydrogen-bond acceptors (Lipinski definition) is 8. The predicted molar refractivity (Wildman–Crippen MR) is 95.5 cm³/mol. The molecule has 0 bridgehead atoms. The zero-order valence-corrected chi connectivity index (χ0v) is 16.5. The molecule has 3 N–H and O–H groups in total. The molecule has 0 spiro atoms. The first-order chi connectivity index (χ1) is 11.6. The maximum Gasteiger partial charge on any atom is 0.362 e. The average molecular weight is 366 g/mol. The Bertz CT molecular complexity index is 965. The molecule has 0 aliphatic carbocycles. The van der Waals surface area contributed by atoms with Crippen LogP contribution in [0, 0.1) is 0 Å². The van der Waals surface area contributed by atoms with Crippen molar-refractivity contribution in [1.29, 1.82) is 0 Å². The molecule has 123 valence electrons. The maximum atomic E-state index is 11.9. The number of ether oxygens (including phenoxy) is 1. The van der Waals surface area contributed by atoms with Gasteiger partial charge in [0.25, 0.3) is 5.56 Å². The van der Waals surface area contributed by atoms with Crippen LogP contribution in [-0.2, 0) is 10.5 Å². The van der Waals surface area contributed by atoms with Crippen molar-refractivity contribution in [3.8, 4) is 0 Å². The van der Waals surface area contributed by atoms with Crippen LogP contribution >= 0.6 is 11.8 Å².